The van der Waals surface area contributed by atoms with E-state index in [0.29, 0.717) is 6.54 Å². The van der Waals surface area contributed by atoms with Crippen LogP contribution < -0.4 is 11.1 Å². The Morgan fingerprint density at radius 1 is 1.43 bits per heavy atom. The topological polar surface area (TPSA) is 77.2 Å². The third kappa shape index (κ3) is 6.48. The van der Waals surface area contributed by atoms with Crippen molar-refractivity contribution in [2.75, 3.05) is 19.0 Å². The summed E-state index contributed by atoms with van der Waals surface area (Å²) in [6.07, 6.45) is 0.00463. The van der Waals surface area contributed by atoms with Crippen molar-refractivity contribution in [3.8, 4) is 0 Å². The van der Waals surface area contributed by atoms with E-state index in [2.05, 4.69) is 10.3 Å². The predicted octanol–water partition coefficient (Wildman–Crippen LogP) is 3.33. The number of carbonyl (C=O) groups excluding carboxylic acids is 1. The first kappa shape index (κ1) is 19.9. The number of thiazole rings is 1. The van der Waals surface area contributed by atoms with Crippen molar-refractivity contribution in [1.82, 2.24) is 4.98 Å². The van der Waals surface area contributed by atoms with E-state index in [1.807, 2.05) is 36.6 Å². The SMILES string of the molecule is COC(CN)CC(=O)Nc1ccc(Sc2nc(C)cs2)cc1.Cl. The van der Waals surface area contributed by atoms with Gasteiger partial charge < -0.3 is 15.8 Å². The number of nitrogens with zero attached hydrogens (tertiary/aromatic N) is 1. The van der Waals surface area contributed by atoms with Gasteiger partial charge in [-0.2, -0.15) is 0 Å². The Morgan fingerprint density at radius 2 is 2.13 bits per heavy atom. The molecule has 1 aromatic carbocycles. The van der Waals surface area contributed by atoms with Crippen molar-refractivity contribution >= 4 is 47.1 Å². The quantitative estimate of drug-likeness (QED) is 0.778. The third-order valence-corrected chi connectivity index (χ3v) is 5.01. The zero-order valence-corrected chi connectivity index (χ0v) is 15.4. The minimum Gasteiger partial charge on any atom is -0.380 e. The predicted molar refractivity (Wildman–Crippen MR) is 97.8 cm³/mol. The second kappa shape index (κ2) is 9.89. The molecule has 3 N–H and O–H groups in total. The van der Waals surface area contributed by atoms with Crippen LogP contribution in [0.15, 0.2) is 38.9 Å². The van der Waals surface area contributed by atoms with E-state index in [1.165, 1.54) is 0 Å². The molecule has 2 rings (SSSR count). The van der Waals surface area contributed by atoms with Crippen LogP contribution in [0.25, 0.3) is 0 Å². The molecule has 23 heavy (non-hydrogen) atoms. The van der Waals surface area contributed by atoms with Crippen molar-refractivity contribution < 1.29 is 9.53 Å². The van der Waals surface area contributed by atoms with E-state index < -0.39 is 0 Å². The first-order valence-corrected chi connectivity index (χ1v) is 8.53. The maximum absolute atomic E-state index is 11.9. The van der Waals surface area contributed by atoms with Gasteiger partial charge in [0.2, 0.25) is 5.91 Å². The lowest BCUT2D eigenvalue weighted by Crippen LogP contribution is -2.28. The summed E-state index contributed by atoms with van der Waals surface area (Å²) < 4.78 is 6.11. The van der Waals surface area contributed by atoms with Gasteiger partial charge in [0, 0.05) is 35.3 Å². The molecule has 1 unspecified atom stereocenters. The first-order chi connectivity index (χ1) is 10.6. The number of methoxy groups -OCH3 is 1. The number of hydrogen-bond acceptors (Lipinski definition) is 6. The lowest BCUT2D eigenvalue weighted by atomic mass is 10.2. The molecule has 0 radical (unpaired) electrons. The summed E-state index contributed by atoms with van der Waals surface area (Å²) in [4.78, 5) is 17.4. The molecule has 0 bridgehead atoms. The summed E-state index contributed by atoms with van der Waals surface area (Å²) in [6, 6.07) is 7.69. The van der Waals surface area contributed by atoms with Gasteiger partial charge in [-0.15, -0.1) is 23.7 Å². The molecule has 8 heteroatoms. The van der Waals surface area contributed by atoms with Gasteiger partial charge >= 0.3 is 0 Å². The maximum Gasteiger partial charge on any atom is 0.227 e. The van der Waals surface area contributed by atoms with Crippen molar-refractivity contribution in [2.45, 2.75) is 28.7 Å². The second-order valence-electron chi connectivity index (χ2n) is 4.73. The molecule has 0 saturated carbocycles. The van der Waals surface area contributed by atoms with Crippen LogP contribution in [0.1, 0.15) is 12.1 Å². The van der Waals surface area contributed by atoms with E-state index in [0.717, 1.165) is 20.6 Å². The highest BCUT2D eigenvalue weighted by Gasteiger charge is 2.11. The van der Waals surface area contributed by atoms with Crippen LogP contribution in [-0.4, -0.2) is 30.6 Å². The van der Waals surface area contributed by atoms with Gasteiger partial charge in [0.1, 0.15) is 0 Å². The van der Waals surface area contributed by atoms with E-state index in [4.69, 9.17) is 10.5 Å². The molecule has 0 aliphatic rings. The number of aromatic nitrogens is 1. The summed E-state index contributed by atoms with van der Waals surface area (Å²) >= 11 is 3.24. The normalized spacial score (nSPS) is 11.6. The molecular formula is C15H20ClN3O2S2. The average molecular weight is 374 g/mol. The van der Waals surface area contributed by atoms with E-state index in [9.17, 15) is 4.79 Å². The number of nitrogens with one attached hydrogen (secondary N) is 1. The number of ether oxygens (including phenoxy) is 1. The fourth-order valence-electron chi connectivity index (χ4n) is 1.77. The molecule has 0 saturated heterocycles. The second-order valence-corrected chi connectivity index (χ2v) is 6.91. The standard InChI is InChI=1S/C15H19N3O2S2.ClH/c1-10-9-21-15(17-10)22-13-5-3-11(4-6-13)18-14(19)7-12(8-16)20-2;/h3-6,9,12H,7-8,16H2,1-2H3,(H,18,19);1H. The largest absolute Gasteiger partial charge is 0.380 e. The number of benzene rings is 1. The summed E-state index contributed by atoms with van der Waals surface area (Å²) in [5, 5.41) is 4.87. The van der Waals surface area contributed by atoms with Crippen molar-refractivity contribution in [3.05, 3.63) is 35.3 Å². The summed E-state index contributed by atoms with van der Waals surface area (Å²) in [6.45, 7) is 2.31. The highest BCUT2D eigenvalue weighted by Crippen LogP contribution is 2.30. The number of halogens is 1. The number of amides is 1. The minimum absolute atomic E-state index is 0. The van der Waals surface area contributed by atoms with Crippen LogP contribution >= 0.6 is 35.5 Å². The van der Waals surface area contributed by atoms with E-state index in [-0.39, 0.29) is 30.8 Å². The molecule has 1 atom stereocenters. The number of nitrogens with two attached hydrogens (primary N) is 1. The first-order valence-electron chi connectivity index (χ1n) is 6.83. The third-order valence-electron chi connectivity index (χ3n) is 2.95. The van der Waals surface area contributed by atoms with Gasteiger partial charge in [-0.05, 0) is 31.2 Å². The van der Waals surface area contributed by atoms with Gasteiger partial charge in [0.15, 0.2) is 4.34 Å². The highest BCUT2D eigenvalue weighted by molar-refractivity contribution is 8.01. The smallest absolute Gasteiger partial charge is 0.227 e. The summed E-state index contributed by atoms with van der Waals surface area (Å²) in [5.74, 6) is -0.103. The lowest BCUT2D eigenvalue weighted by Gasteiger charge is -2.12. The monoisotopic (exact) mass is 373 g/mol. The Hall–Kier alpha value is -1.12. The zero-order valence-electron chi connectivity index (χ0n) is 12.9. The minimum atomic E-state index is -0.247. The number of carbonyl (C=O) groups is 1. The number of anilines is 1. The van der Waals surface area contributed by atoms with Crippen LogP contribution in [0.3, 0.4) is 0 Å². The maximum atomic E-state index is 11.9. The van der Waals surface area contributed by atoms with Crippen LogP contribution in [0.4, 0.5) is 5.69 Å². The Labute approximate surface area is 150 Å². The molecule has 5 nitrogen and oxygen atoms in total. The Kier molecular flexibility index (Phi) is 8.57. The van der Waals surface area contributed by atoms with Crippen molar-refractivity contribution in [3.63, 3.8) is 0 Å². The van der Waals surface area contributed by atoms with Gasteiger partial charge in [0.25, 0.3) is 0 Å². The molecule has 2 aromatic rings. The molecule has 1 aromatic heterocycles. The fraction of sp³-hybridized carbons (Fsp3) is 0.333. The molecule has 1 amide bonds. The molecular weight excluding hydrogens is 354 g/mol. The molecule has 0 fully saturated rings. The average Bonchev–Trinajstić information content (AvgIpc) is 2.92. The molecule has 0 aliphatic heterocycles. The van der Waals surface area contributed by atoms with E-state index in [1.54, 1.807) is 30.2 Å². The van der Waals surface area contributed by atoms with Crippen LogP contribution in [0, 0.1) is 6.92 Å². The van der Waals surface area contributed by atoms with Crippen molar-refractivity contribution in [2.24, 2.45) is 5.73 Å². The van der Waals surface area contributed by atoms with Crippen LogP contribution in [-0.2, 0) is 9.53 Å². The molecule has 126 valence electrons. The summed E-state index contributed by atoms with van der Waals surface area (Å²) in [7, 11) is 1.55. The zero-order chi connectivity index (χ0) is 15.9. The molecule has 0 spiro atoms. The Balaban J connectivity index is 0.00000264. The van der Waals surface area contributed by atoms with Crippen molar-refractivity contribution in [1.29, 1.82) is 0 Å². The number of aryl methyl sites for hydroxylation is 1. The van der Waals surface area contributed by atoms with Gasteiger partial charge in [-0.1, -0.05) is 11.8 Å². The fourth-order valence-corrected chi connectivity index (χ4v) is 3.58. The number of rotatable bonds is 7. The van der Waals surface area contributed by atoms with Crippen LogP contribution in [0.5, 0.6) is 0 Å². The molecule has 1 heterocycles. The van der Waals surface area contributed by atoms with Gasteiger partial charge in [0.05, 0.1) is 12.5 Å². The highest BCUT2D eigenvalue weighted by atomic mass is 35.5. The number of hydrogen-bond donors (Lipinski definition) is 2. The van der Waals surface area contributed by atoms with Gasteiger partial charge in [-0.3, -0.25) is 4.79 Å². The molecule has 0 aliphatic carbocycles. The van der Waals surface area contributed by atoms with Crippen LogP contribution in [0.2, 0.25) is 0 Å². The van der Waals surface area contributed by atoms with Gasteiger partial charge in [-0.25, -0.2) is 4.98 Å². The Morgan fingerprint density at radius 3 is 2.65 bits per heavy atom. The lowest BCUT2D eigenvalue weighted by molar-refractivity contribution is -0.118. The Bertz CT molecular complexity index is 615. The summed E-state index contributed by atoms with van der Waals surface area (Å²) in [5.41, 5.74) is 7.30. The van der Waals surface area contributed by atoms with E-state index >= 15 is 0 Å².